The zero-order valence-electron chi connectivity index (χ0n) is 11.6. The molecule has 0 saturated heterocycles. The molecular formula is C14H16N4O2S. The number of nitrogens with two attached hydrogens (primary N) is 1. The Hall–Kier alpha value is -2.41. The van der Waals surface area contributed by atoms with Crippen molar-refractivity contribution in [2.75, 3.05) is 17.6 Å². The van der Waals surface area contributed by atoms with Crippen LogP contribution in [-0.4, -0.2) is 23.3 Å². The van der Waals surface area contributed by atoms with Gasteiger partial charge in [-0.2, -0.15) is 0 Å². The molecule has 2 rings (SSSR count). The van der Waals surface area contributed by atoms with Crippen LogP contribution in [0, 0.1) is 0 Å². The van der Waals surface area contributed by atoms with Crippen molar-refractivity contribution < 1.29 is 9.59 Å². The first-order chi connectivity index (χ1) is 10.1. The Balaban J connectivity index is 1.93. The molecule has 0 radical (unpaired) electrons. The van der Waals surface area contributed by atoms with Gasteiger partial charge in [0.1, 0.15) is 0 Å². The standard InChI is InChI=1S/C14H16N4O2S/c1-2-16-13(20)9-3-5-10(6-4-9)17-12(19)7-11-8-21-14(15)18-11/h3-6,8H,2,7H2,1H3,(H2,15,18)(H,16,20)(H,17,19). The first-order valence-corrected chi connectivity index (χ1v) is 7.34. The monoisotopic (exact) mass is 304 g/mol. The van der Waals surface area contributed by atoms with Gasteiger partial charge in [0.25, 0.3) is 5.91 Å². The van der Waals surface area contributed by atoms with E-state index in [9.17, 15) is 9.59 Å². The Labute approximate surface area is 126 Å². The van der Waals surface area contributed by atoms with E-state index in [1.807, 2.05) is 6.92 Å². The lowest BCUT2D eigenvalue weighted by molar-refractivity contribution is -0.115. The second kappa shape index (κ2) is 6.85. The van der Waals surface area contributed by atoms with Crippen LogP contribution in [0.15, 0.2) is 29.6 Å². The number of amides is 2. The maximum Gasteiger partial charge on any atom is 0.251 e. The molecule has 7 heteroatoms. The third kappa shape index (κ3) is 4.28. The normalized spacial score (nSPS) is 10.1. The van der Waals surface area contributed by atoms with E-state index in [4.69, 9.17) is 5.73 Å². The number of benzene rings is 1. The molecule has 0 aliphatic rings. The molecule has 110 valence electrons. The van der Waals surface area contributed by atoms with Crippen molar-refractivity contribution in [1.29, 1.82) is 0 Å². The summed E-state index contributed by atoms with van der Waals surface area (Å²) in [6, 6.07) is 6.72. The van der Waals surface area contributed by atoms with Gasteiger partial charge >= 0.3 is 0 Å². The second-order valence-electron chi connectivity index (χ2n) is 4.34. The maximum absolute atomic E-state index is 11.8. The Morgan fingerprint density at radius 2 is 2.00 bits per heavy atom. The van der Waals surface area contributed by atoms with E-state index < -0.39 is 0 Å². The van der Waals surface area contributed by atoms with E-state index in [1.54, 1.807) is 29.6 Å². The SMILES string of the molecule is CCNC(=O)c1ccc(NC(=O)Cc2csc(N)n2)cc1. The Bertz CT molecular complexity index is 637. The minimum atomic E-state index is -0.175. The molecule has 4 N–H and O–H groups in total. The molecule has 1 aromatic heterocycles. The van der Waals surface area contributed by atoms with Gasteiger partial charge in [-0.05, 0) is 31.2 Å². The number of anilines is 2. The van der Waals surface area contributed by atoms with E-state index in [-0.39, 0.29) is 18.2 Å². The van der Waals surface area contributed by atoms with Gasteiger partial charge < -0.3 is 16.4 Å². The van der Waals surface area contributed by atoms with Gasteiger partial charge in [-0.1, -0.05) is 0 Å². The number of carbonyl (C=O) groups is 2. The van der Waals surface area contributed by atoms with E-state index in [1.165, 1.54) is 11.3 Å². The Morgan fingerprint density at radius 1 is 1.29 bits per heavy atom. The minimum absolute atomic E-state index is 0.131. The number of aromatic nitrogens is 1. The second-order valence-corrected chi connectivity index (χ2v) is 5.23. The van der Waals surface area contributed by atoms with Crippen molar-refractivity contribution in [3.05, 3.63) is 40.9 Å². The van der Waals surface area contributed by atoms with E-state index in [0.717, 1.165) is 0 Å². The molecule has 21 heavy (non-hydrogen) atoms. The van der Waals surface area contributed by atoms with Crippen LogP contribution in [-0.2, 0) is 11.2 Å². The molecule has 0 aliphatic heterocycles. The van der Waals surface area contributed by atoms with Crippen molar-refractivity contribution in [3.8, 4) is 0 Å². The summed E-state index contributed by atoms with van der Waals surface area (Å²) in [6.45, 7) is 2.44. The molecule has 1 aromatic carbocycles. The first-order valence-electron chi connectivity index (χ1n) is 6.46. The highest BCUT2D eigenvalue weighted by atomic mass is 32.1. The van der Waals surface area contributed by atoms with Crippen molar-refractivity contribution in [3.63, 3.8) is 0 Å². The molecule has 0 bridgehead atoms. The first kappa shape index (κ1) is 15.0. The zero-order valence-corrected chi connectivity index (χ0v) is 12.4. The summed E-state index contributed by atoms with van der Waals surface area (Å²) in [5.74, 6) is -0.306. The lowest BCUT2D eigenvalue weighted by atomic mass is 10.2. The molecule has 0 unspecified atom stereocenters. The van der Waals surface area contributed by atoms with Crippen LogP contribution < -0.4 is 16.4 Å². The zero-order chi connectivity index (χ0) is 15.2. The van der Waals surface area contributed by atoms with Crippen LogP contribution in [0.3, 0.4) is 0 Å². The third-order valence-electron chi connectivity index (χ3n) is 2.68. The fourth-order valence-electron chi connectivity index (χ4n) is 1.74. The summed E-state index contributed by atoms with van der Waals surface area (Å²) in [5, 5.41) is 7.67. The molecule has 0 atom stereocenters. The molecule has 0 fully saturated rings. The van der Waals surface area contributed by atoms with Crippen LogP contribution in [0.4, 0.5) is 10.8 Å². The smallest absolute Gasteiger partial charge is 0.251 e. The maximum atomic E-state index is 11.8. The molecule has 6 nitrogen and oxygen atoms in total. The van der Waals surface area contributed by atoms with Crippen LogP contribution >= 0.6 is 11.3 Å². The van der Waals surface area contributed by atoms with Gasteiger partial charge in [0.15, 0.2) is 5.13 Å². The summed E-state index contributed by atoms with van der Waals surface area (Å²) in [5.41, 5.74) is 7.35. The van der Waals surface area contributed by atoms with Crippen molar-refractivity contribution in [2.24, 2.45) is 0 Å². The Morgan fingerprint density at radius 3 is 2.57 bits per heavy atom. The molecule has 2 aromatic rings. The third-order valence-corrected chi connectivity index (χ3v) is 3.40. The number of nitrogens with zero attached hydrogens (tertiary/aromatic N) is 1. The fourth-order valence-corrected chi connectivity index (χ4v) is 2.30. The summed E-state index contributed by atoms with van der Waals surface area (Å²) in [4.78, 5) is 27.5. The number of carbonyl (C=O) groups excluding carboxylic acids is 2. The lowest BCUT2D eigenvalue weighted by Crippen LogP contribution is -2.22. The van der Waals surface area contributed by atoms with Crippen LogP contribution in [0.2, 0.25) is 0 Å². The molecule has 1 heterocycles. The minimum Gasteiger partial charge on any atom is -0.375 e. The summed E-state index contributed by atoms with van der Waals surface area (Å²) in [6.07, 6.45) is 0.172. The topological polar surface area (TPSA) is 97.1 Å². The van der Waals surface area contributed by atoms with Gasteiger partial charge in [-0.15, -0.1) is 11.3 Å². The average molecular weight is 304 g/mol. The molecule has 0 spiro atoms. The Kier molecular flexibility index (Phi) is 4.89. The van der Waals surface area contributed by atoms with Crippen molar-refractivity contribution in [2.45, 2.75) is 13.3 Å². The summed E-state index contributed by atoms with van der Waals surface area (Å²) >= 11 is 1.30. The van der Waals surface area contributed by atoms with E-state index in [2.05, 4.69) is 15.6 Å². The largest absolute Gasteiger partial charge is 0.375 e. The predicted molar refractivity (Wildman–Crippen MR) is 83.3 cm³/mol. The predicted octanol–water partition coefficient (Wildman–Crippen LogP) is 1.66. The number of hydrogen-bond acceptors (Lipinski definition) is 5. The van der Waals surface area contributed by atoms with Crippen molar-refractivity contribution in [1.82, 2.24) is 10.3 Å². The van der Waals surface area contributed by atoms with Crippen LogP contribution in [0.1, 0.15) is 23.0 Å². The molecular weight excluding hydrogens is 288 g/mol. The number of rotatable bonds is 5. The number of hydrogen-bond donors (Lipinski definition) is 3. The molecule has 0 saturated carbocycles. The van der Waals surface area contributed by atoms with Gasteiger partial charge in [0.05, 0.1) is 12.1 Å². The molecule has 0 aliphatic carbocycles. The van der Waals surface area contributed by atoms with E-state index >= 15 is 0 Å². The summed E-state index contributed by atoms with van der Waals surface area (Å²) < 4.78 is 0. The van der Waals surface area contributed by atoms with Crippen LogP contribution in [0.5, 0.6) is 0 Å². The molecule has 2 amide bonds. The number of nitrogens with one attached hydrogen (secondary N) is 2. The average Bonchev–Trinajstić information content (AvgIpc) is 2.85. The van der Waals surface area contributed by atoms with Gasteiger partial charge in [0.2, 0.25) is 5.91 Å². The highest BCUT2D eigenvalue weighted by molar-refractivity contribution is 7.13. The summed E-state index contributed by atoms with van der Waals surface area (Å²) in [7, 11) is 0. The number of nitrogen functional groups attached to an aromatic ring is 1. The lowest BCUT2D eigenvalue weighted by Gasteiger charge is -2.06. The highest BCUT2D eigenvalue weighted by Gasteiger charge is 2.08. The van der Waals surface area contributed by atoms with E-state index in [0.29, 0.717) is 28.6 Å². The fraction of sp³-hybridized carbons (Fsp3) is 0.214. The van der Waals surface area contributed by atoms with Crippen molar-refractivity contribution >= 4 is 34.0 Å². The quantitative estimate of drug-likeness (QED) is 0.782. The van der Waals surface area contributed by atoms with Gasteiger partial charge in [-0.25, -0.2) is 4.98 Å². The van der Waals surface area contributed by atoms with Gasteiger partial charge in [-0.3, -0.25) is 9.59 Å². The highest BCUT2D eigenvalue weighted by Crippen LogP contribution is 2.13. The van der Waals surface area contributed by atoms with Crippen LogP contribution in [0.25, 0.3) is 0 Å². The van der Waals surface area contributed by atoms with Gasteiger partial charge in [0, 0.05) is 23.2 Å². The number of thiazole rings is 1.